The van der Waals surface area contributed by atoms with Gasteiger partial charge in [0.2, 0.25) is 11.7 Å². The zero-order valence-electron chi connectivity index (χ0n) is 16.7. The molecule has 2 amide bonds. The highest BCUT2D eigenvalue weighted by atomic mass is 16.5. The molecule has 2 rings (SSSR count). The monoisotopic (exact) mass is 378 g/mol. The average Bonchev–Trinajstić information content (AvgIpc) is 2.65. The van der Waals surface area contributed by atoms with Gasteiger partial charge < -0.3 is 24.4 Å². The van der Waals surface area contributed by atoms with Gasteiger partial charge in [-0.1, -0.05) is 0 Å². The van der Waals surface area contributed by atoms with Crippen LogP contribution in [0.2, 0.25) is 0 Å². The lowest BCUT2D eigenvalue weighted by molar-refractivity contribution is -0.129. The fourth-order valence-corrected chi connectivity index (χ4v) is 3.13. The molecule has 1 aliphatic rings. The molecule has 27 heavy (non-hydrogen) atoms. The molecule has 7 nitrogen and oxygen atoms in total. The Hall–Kier alpha value is -2.44. The maximum atomic E-state index is 12.8. The van der Waals surface area contributed by atoms with Gasteiger partial charge in [0, 0.05) is 31.6 Å². The normalized spacial score (nSPS) is 14.6. The zero-order chi connectivity index (χ0) is 19.8. The predicted molar refractivity (Wildman–Crippen MR) is 103 cm³/mol. The second-order valence-corrected chi connectivity index (χ2v) is 6.35. The van der Waals surface area contributed by atoms with Crippen LogP contribution in [0, 0.1) is 0 Å². The minimum atomic E-state index is -0.179. The Morgan fingerprint density at radius 2 is 1.52 bits per heavy atom. The molecule has 1 aromatic rings. The Labute approximate surface area is 161 Å². The minimum absolute atomic E-state index is 0.0470. The topological polar surface area (TPSA) is 77.1 Å². The summed E-state index contributed by atoms with van der Waals surface area (Å²) in [5, 5.41) is 3.06. The molecule has 1 saturated heterocycles. The van der Waals surface area contributed by atoms with Crippen molar-refractivity contribution in [3.8, 4) is 17.2 Å². The third-order valence-electron chi connectivity index (χ3n) is 4.45. The van der Waals surface area contributed by atoms with Gasteiger partial charge >= 0.3 is 0 Å². The molecule has 1 N–H and O–H groups in total. The second kappa shape index (κ2) is 10.0. The molecule has 0 bridgehead atoms. The third-order valence-corrected chi connectivity index (χ3v) is 4.45. The average molecular weight is 378 g/mol. The van der Waals surface area contributed by atoms with E-state index in [-0.39, 0.29) is 17.9 Å². The summed E-state index contributed by atoms with van der Waals surface area (Å²) in [5.74, 6) is 1.42. The molecule has 7 heteroatoms. The smallest absolute Gasteiger partial charge is 0.251 e. The van der Waals surface area contributed by atoms with E-state index in [4.69, 9.17) is 14.2 Å². The number of rotatable bonds is 8. The molecule has 0 unspecified atom stereocenters. The zero-order valence-corrected chi connectivity index (χ0v) is 16.7. The summed E-state index contributed by atoms with van der Waals surface area (Å²) in [7, 11) is 0. The SMILES string of the molecule is CCOc1cc(C(=O)NC2CCN(C(C)=O)CC2)cc(OCC)c1OCC. The fraction of sp³-hybridized carbons (Fsp3) is 0.600. The minimum Gasteiger partial charge on any atom is -0.490 e. The van der Waals surface area contributed by atoms with E-state index in [0.29, 0.717) is 55.7 Å². The van der Waals surface area contributed by atoms with Crippen LogP contribution in [0.1, 0.15) is 50.9 Å². The van der Waals surface area contributed by atoms with Crippen LogP contribution in [0.4, 0.5) is 0 Å². The molecule has 0 saturated carbocycles. The summed E-state index contributed by atoms with van der Waals surface area (Å²) in [6.07, 6.45) is 1.50. The summed E-state index contributed by atoms with van der Waals surface area (Å²) >= 11 is 0. The molecule has 1 aliphatic heterocycles. The van der Waals surface area contributed by atoms with Crippen molar-refractivity contribution >= 4 is 11.8 Å². The Morgan fingerprint density at radius 1 is 1.00 bits per heavy atom. The van der Waals surface area contributed by atoms with Crippen LogP contribution >= 0.6 is 0 Å². The van der Waals surface area contributed by atoms with Gasteiger partial charge in [0.15, 0.2) is 11.5 Å². The first-order valence-corrected chi connectivity index (χ1v) is 9.62. The Balaban J connectivity index is 2.16. The molecule has 1 heterocycles. The molecule has 0 radical (unpaired) electrons. The number of hydrogen-bond acceptors (Lipinski definition) is 5. The molecule has 0 spiro atoms. The molecular weight excluding hydrogens is 348 g/mol. The van der Waals surface area contributed by atoms with E-state index >= 15 is 0 Å². The number of benzene rings is 1. The molecule has 1 fully saturated rings. The van der Waals surface area contributed by atoms with Crippen LogP contribution in [0.25, 0.3) is 0 Å². The lowest BCUT2D eigenvalue weighted by Crippen LogP contribution is -2.46. The summed E-state index contributed by atoms with van der Waals surface area (Å²) in [4.78, 5) is 26.0. The highest BCUT2D eigenvalue weighted by Gasteiger charge is 2.24. The van der Waals surface area contributed by atoms with E-state index in [1.165, 1.54) is 0 Å². The number of piperidine rings is 1. The van der Waals surface area contributed by atoms with Crippen molar-refractivity contribution < 1.29 is 23.8 Å². The van der Waals surface area contributed by atoms with Crippen molar-refractivity contribution in [3.05, 3.63) is 17.7 Å². The number of hydrogen-bond donors (Lipinski definition) is 1. The summed E-state index contributed by atoms with van der Waals surface area (Å²) in [6.45, 7) is 9.94. The summed E-state index contributed by atoms with van der Waals surface area (Å²) in [6, 6.07) is 3.43. The highest BCUT2D eigenvalue weighted by Crippen LogP contribution is 2.39. The quantitative estimate of drug-likeness (QED) is 0.752. The predicted octanol–water partition coefficient (Wildman–Crippen LogP) is 2.62. The maximum absolute atomic E-state index is 12.8. The lowest BCUT2D eigenvalue weighted by atomic mass is 10.0. The van der Waals surface area contributed by atoms with Crippen molar-refractivity contribution in [1.29, 1.82) is 0 Å². The Kier molecular flexibility index (Phi) is 7.76. The lowest BCUT2D eigenvalue weighted by Gasteiger charge is -2.31. The molecule has 0 atom stereocenters. The van der Waals surface area contributed by atoms with Crippen LogP contribution < -0.4 is 19.5 Å². The number of nitrogens with one attached hydrogen (secondary N) is 1. The van der Waals surface area contributed by atoms with Crippen LogP contribution in [-0.4, -0.2) is 55.7 Å². The number of likely N-dealkylation sites (tertiary alicyclic amines) is 1. The summed E-state index contributed by atoms with van der Waals surface area (Å²) in [5.41, 5.74) is 0.472. The van der Waals surface area contributed by atoms with Crippen LogP contribution in [0.5, 0.6) is 17.2 Å². The van der Waals surface area contributed by atoms with E-state index in [1.54, 1.807) is 24.0 Å². The van der Waals surface area contributed by atoms with E-state index in [9.17, 15) is 9.59 Å². The first kappa shape index (κ1) is 20.9. The molecular formula is C20H30N2O5. The number of amides is 2. The van der Waals surface area contributed by atoms with E-state index < -0.39 is 0 Å². The molecule has 150 valence electrons. The number of carbonyl (C=O) groups excluding carboxylic acids is 2. The van der Waals surface area contributed by atoms with Gasteiger partial charge in [-0.25, -0.2) is 0 Å². The van der Waals surface area contributed by atoms with Crippen LogP contribution in [0.15, 0.2) is 12.1 Å². The number of carbonyl (C=O) groups is 2. The van der Waals surface area contributed by atoms with E-state index in [1.807, 2.05) is 20.8 Å². The second-order valence-electron chi connectivity index (χ2n) is 6.35. The Morgan fingerprint density at radius 3 is 1.96 bits per heavy atom. The largest absolute Gasteiger partial charge is 0.490 e. The van der Waals surface area contributed by atoms with E-state index in [2.05, 4.69) is 5.32 Å². The van der Waals surface area contributed by atoms with Crippen LogP contribution in [0.3, 0.4) is 0 Å². The third kappa shape index (κ3) is 5.52. The maximum Gasteiger partial charge on any atom is 0.251 e. The van der Waals surface area contributed by atoms with Crippen molar-refractivity contribution in [2.24, 2.45) is 0 Å². The van der Waals surface area contributed by atoms with Gasteiger partial charge in [0.1, 0.15) is 0 Å². The van der Waals surface area contributed by atoms with Gasteiger partial charge in [-0.15, -0.1) is 0 Å². The van der Waals surface area contributed by atoms with Gasteiger partial charge in [0.25, 0.3) is 5.91 Å². The van der Waals surface area contributed by atoms with Gasteiger partial charge in [0.05, 0.1) is 19.8 Å². The van der Waals surface area contributed by atoms with Crippen molar-refractivity contribution in [2.75, 3.05) is 32.9 Å². The van der Waals surface area contributed by atoms with Crippen molar-refractivity contribution in [1.82, 2.24) is 10.2 Å². The number of nitrogens with zero attached hydrogens (tertiary/aromatic N) is 1. The van der Waals surface area contributed by atoms with Crippen LogP contribution in [-0.2, 0) is 4.79 Å². The van der Waals surface area contributed by atoms with Gasteiger partial charge in [-0.3, -0.25) is 9.59 Å². The summed E-state index contributed by atoms with van der Waals surface area (Å²) < 4.78 is 17.0. The standard InChI is InChI=1S/C20H30N2O5/c1-5-25-17-12-15(13-18(26-6-2)19(17)27-7-3)20(24)21-16-8-10-22(11-9-16)14(4)23/h12-13,16H,5-11H2,1-4H3,(H,21,24). The molecule has 0 aromatic heterocycles. The first-order chi connectivity index (χ1) is 13.0. The van der Waals surface area contributed by atoms with Crippen molar-refractivity contribution in [2.45, 2.75) is 46.6 Å². The molecule has 1 aromatic carbocycles. The van der Waals surface area contributed by atoms with Gasteiger partial charge in [-0.05, 0) is 45.7 Å². The van der Waals surface area contributed by atoms with E-state index in [0.717, 1.165) is 12.8 Å². The fourth-order valence-electron chi connectivity index (χ4n) is 3.13. The van der Waals surface area contributed by atoms with Gasteiger partial charge in [-0.2, -0.15) is 0 Å². The molecule has 0 aliphatic carbocycles. The first-order valence-electron chi connectivity index (χ1n) is 9.62. The number of ether oxygens (including phenoxy) is 3. The van der Waals surface area contributed by atoms with Crippen molar-refractivity contribution in [3.63, 3.8) is 0 Å². The highest BCUT2D eigenvalue weighted by molar-refractivity contribution is 5.95. The Bertz CT molecular complexity index is 627.